The van der Waals surface area contributed by atoms with E-state index in [0.717, 1.165) is 12.0 Å². The van der Waals surface area contributed by atoms with E-state index >= 15 is 0 Å². The van der Waals surface area contributed by atoms with Gasteiger partial charge in [0.1, 0.15) is 12.0 Å². The first kappa shape index (κ1) is 12.7. The smallest absolute Gasteiger partial charge is 0.142 e. The molecular formula is C15H14O2. The molecule has 0 aliphatic carbocycles. The van der Waals surface area contributed by atoms with Crippen molar-refractivity contribution in [2.75, 3.05) is 0 Å². The second-order valence-corrected chi connectivity index (χ2v) is 3.05. The van der Waals surface area contributed by atoms with Crippen molar-refractivity contribution in [1.82, 2.24) is 0 Å². The molecule has 1 aromatic heterocycles. The summed E-state index contributed by atoms with van der Waals surface area (Å²) in [4.78, 5) is 9.94. The van der Waals surface area contributed by atoms with Crippen LogP contribution in [-0.2, 0) is 4.79 Å². The van der Waals surface area contributed by atoms with Gasteiger partial charge in [-0.05, 0) is 24.3 Å². The van der Waals surface area contributed by atoms with Crippen molar-refractivity contribution >= 4 is 12.4 Å². The zero-order valence-corrected chi connectivity index (χ0v) is 9.40. The molecule has 0 amide bonds. The van der Waals surface area contributed by atoms with Gasteiger partial charge in [-0.25, -0.2) is 0 Å². The van der Waals surface area contributed by atoms with Crippen molar-refractivity contribution in [3.8, 4) is 0 Å². The lowest BCUT2D eigenvalue weighted by atomic mass is 10.3. The molecule has 1 heterocycles. The van der Waals surface area contributed by atoms with Crippen LogP contribution in [0.4, 0.5) is 0 Å². The number of carbonyl (C=O) groups excluding carboxylic acids is 1. The molecule has 0 unspecified atom stereocenters. The van der Waals surface area contributed by atoms with Crippen molar-refractivity contribution in [1.29, 1.82) is 0 Å². The van der Waals surface area contributed by atoms with E-state index in [-0.39, 0.29) is 0 Å². The van der Waals surface area contributed by atoms with Crippen molar-refractivity contribution < 1.29 is 9.21 Å². The van der Waals surface area contributed by atoms with Crippen LogP contribution in [0.2, 0.25) is 0 Å². The monoisotopic (exact) mass is 226 g/mol. The Balaban J connectivity index is 2.26. The van der Waals surface area contributed by atoms with Crippen molar-refractivity contribution in [2.45, 2.75) is 0 Å². The van der Waals surface area contributed by atoms with Gasteiger partial charge in [-0.2, -0.15) is 0 Å². The zero-order chi connectivity index (χ0) is 12.2. The van der Waals surface area contributed by atoms with Gasteiger partial charge in [0.2, 0.25) is 0 Å². The van der Waals surface area contributed by atoms with E-state index in [9.17, 15) is 4.79 Å². The highest BCUT2D eigenvalue weighted by Gasteiger charge is 1.83. The first-order valence-corrected chi connectivity index (χ1v) is 5.25. The maximum Gasteiger partial charge on any atom is 0.142 e. The Bertz CT molecular complexity index is 443. The van der Waals surface area contributed by atoms with Crippen molar-refractivity contribution in [3.63, 3.8) is 0 Å². The van der Waals surface area contributed by atoms with Crippen LogP contribution in [0.1, 0.15) is 5.76 Å². The van der Waals surface area contributed by atoms with E-state index in [1.165, 1.54) is 6.08 Å². The number of rotatable bonds is 6. The van der Waals surface area contributed by atoms with Gasteiger partial charge in [-0.15, -0.1) is 0 Å². The van der Waals surface area contributed by atoms with Crippen molar-refractivity contribution in [2.24, 2.45) is 0 Å². The molecular weight excluding hydrogens is 212 g/mol. The Labute approximate surface area is 101 Å². The van der Waals surface area contributed by atoms with Gasteiger partial charge in [-0.1, -0.05) is 48.6 Å². The summed E-state index contributed by atoms with van der Waals surface area (Å²) in [7, 11) is 0. The number of aldehydes is 1. The highest BCUT2D eigenvalue weighted by Crippen LogP contribution is 2.01. The molecule has 0 N–H and O–H groups in total. The van der Waals surface area contributed by atoms with Crippen LogP contribution in [0.5, 0.6) is 0 Å². The highest BCUT2D eigenvalue weighted by molar-refractivity contribution is 5.65. The quantitative estimate of drug-likeness (QED) is 0.420. The third-order valence-electron chi connectivity index (χ3n) is 1.77. The average molecular weight is 226 g/mol. The van der Waals surface area contributed by atoms with Crippen LogP contribution >= 0.6 is 0 Å². The Morgan fingerprint density at radius 3 is 1.94 bits per heavy atom. The molecule has 0 saturated carbocycles. The summed E-state index contributed by atoms with van der Waals surface area (Å²) in [6.45, 7) is 0. The van der Waals surface area contributed by atoms with Gasteiger partial charge >= 0.3 is 0 Å². The number of carbonyl (C=O) groups is 1. The van der Waals surface area contributed by atoms with Crippen LogP contribution in [-0.4, -0.2) is 6.29 Å². The van der Waals surface area contributed by atoms with Gasteiger partial charge in [0, 0.05) is 0 Å². The fraction of sp³-hybridized carbons (Fsp3) is 0. The van der Waals surface area contributed by atoms with Crippen LogP contribution < -0.4 is 0 Å². The van der Waals surface area contributed by atoms with E-state index in [1.54, 1.807) is 18.4 Å². The topological polar surface area (TPSA) is 30.2 Å². The minimum Gasteiger partial charge on any atom is -0.465 e. The third kappa shape index (κ3) is 6.68. The van der Waals surface area contributed by atoms with Crippen LogP contribution in [0.15, 0.2) is 77.5 Å². The molecule has 1 aromatic rings. The second-order valence-electron chi connectivity index (χ2n) is 3.05. The normalized spacial score (nSPS) is 12.9. The summed E-state index contributed by atoms with van der Waals surface area (Å²) in [5, 5.41) is 0. The minimum absolute atomic E-state index is 0.743. The van der Waals surface area contributed by atoms with Gasteiger partial charge in [-0.3, -0.25) is 4.79 Å². The molecule has 17 heavy (non-hydrogen) atoms. The number of furan rings is 1. The summed E-state index contributed by atoms with van der Waals surface area (Å²) in [5.74, 6) is 0.831. The Kier molecular flexibility index (Phi) is 6.67. The van der Waals surface area contributed by atoms with Crippen LogP contribution in [0, 0.1) is 0 Å². The molecule has 0 fully saturated rings. The van der Waals surface area contributed by atoms with Crippen LogP contribution in [0.3, 0.4) is 0 Å². The third-order valence-corrected chi connectivity index (χ3v) is 1.77. The van der Waals surface area contributed by atoms with Crippen LogP contribution in [0.25, 0.3) is 6.08 Å². The molecule has 2 heteroatoms. The predicted molar refractivity (Wildman–Crippen MR) is 70.4 cm³/mol. The van der Waals surface area contributed by atoms with Gasteiger partial charge in [0.25, 0.3) is 0 Å². The fourth-order valence-corrected chi connectivity index (χ4v) is 1.03. The lowest BCUT2D eigenvalue weighted by Crippen LogP contribution is -1.58. The lowest BCUT2D eigenvalue weighted by Gasteiger charge is -1.79. The summed E-state index contributed by atoms with van der Waals surface area (Å²) in [6, 6.07) is 3.74. The Morgan fingerprint density at radius 2 is 1.41 bits per heavy atom. The number of hydrogen-bond acceptors (Lipinski definition) is 2. The maximum atomic E-state index is 9.94. The molecule has 2 nitrogen and oxygen atoms in total. The standard InChI is InChI=1S/C15H14O2/c16-13-9-7-5-3-1-2-4-6-8-11-15-12-10-14-17-15/h1-14H. The van der Waals surface area contributed by atoms with E-state index in [0.29, 0.717) is 0 Å². The SMILES string of the molecule is O=CC=CC=CC=CC=CC=Cc1ccco1. The number of allylic oxidation sites excluding steroid dienone is 9. The molecule has 0 aliphatic rings. The van der Waals surface area contributed by atoms with Gasteiger partial charge < -0.3 is 4.42 Å². The first-order chi connectivity index (χ1) is 8.43. The lowest BCUT2D eigenvalue weighted by molar-refractivity contribution is -0.104. The van der Waals surface area contributed by atoms with Crippen molar-refractivity contribution in [3.05, 3.63) is 78.8 Å². The molecule has 0 spiro atoms. The summed E-state index contributed by atoms with van der Waals surface area (Å²) >= 11 is 0. The zero-order valence-electron chi connectivity index (χ0n) is 9.40. The van der Waals surface area contributed by atoms with E-state index in [2.05, 4.69) is 0 Å². The van der Waals surface area contributed by atoms with E-state index < -0.39 is 0 Å². The summed E-state index contributed by atoms with van der Waals surface area (Å²) < 4.78 is 5.13. The Morgan fingerprint density at radius 1 is 0.824 bits per heavy atom. The Hall–Kier alpha value is -2.35. The maximum absolute atomic E-state index is 9.94. The van der Waals surface area contributed by atoms with Gasteiger partial charge in [0.05, 0.1) is 6.26 Å². The summed E-state index contributed by atoms with van der Waals surface area (Å²) in [5.41, 5.74) is 0. The molecule has 0 aliphatic heterocycles. The second kappa shape index (κ2) is 8.92. The number of hydrogen-bond donors (Lipinski definition) is 0. The molecule has 0 aromatic carbocycles. The molecule has 1 rings (SSSR count). The first-order valence-electron chi connectivity index (χ1n) is 5.25. The van der Waals surface area contributed by atoms with E-state index in [1.807, 2.05) is 54.7 Å². The molecule has 86 valence electrons. The molecule has 0 atom stereocenters. The fourth-order valence-electron chi connectivity index (χ4n) is 1.03. The highest BCUT2D eigenvalue weighted by atomic mass is 16.3. The van der Waals surface area contributed by atoms with E-state index in [4.69, 9.17) is 4.42 Å². The molecule has 0 radical (unpaired) electrons. The predicted octanol–water partition coefficient (Wildman–Crippen LogP) is 3.72. The van der Waals surface area contributed by atoms with Gasteiger partial charge in [0.15, 0.2) is 0 Å². The molecule has 0 saturated heterocycles. The summed E-state index contributed by atoms with van der Waals surface area (Å²) in [6.07, 6.45) is 20.5. The largest absolute Gasteiger partial charge is 0.465 e. The minimum atomic E-state index is 0.743. The molecule has 0 bridgehead atoms. The average Bonchev–Trinajstić information content (AvgIpc) is 2.85.